The summed E-state index contributed by atoms with van der Waals surface area (Å²) in [6.45, 7) is 3.84. The van der Waals surface area contributed by atoms with Crippen molar-refractivity contribution in [2.75, 3.05) is 31.6 Å². The lowest BCUT2D eigenvalue weighted by molar-refractivity contribution is -0.122. The molecule has 0 aromatic heterocycles. The molecular formula is C16H20N4O4. The quantitative estimate of drug-likeness (QED) is 0.773. The van der Waals surface area contributed by atoms with Crippen LogP contribution in [-0.2, 0) is 14.3 Å². The first-order valence-electron chi connectivity index (χ1n) is 7.48. The maximum atomic E-state index is 12.1. The van der Waals surface area contributed by atoms with Gasteiger partial charge in [0.15, 0.2) is 0 Å². The molecule has 8 heteroatoms. The number of amides is 3. The monoisotopic (exact) mass is 332 g/mol. The maximum Gasteiger partial charge on any atom is 0.413 e. The van der Waals surface area contributed by atoms with E-state index in [4.69, 9.17) is 5.26 Å². The summed E-state index contributed by atoms with van der Waals surface area (Å²) in [6, 6.07) is 8.62. The fourth-order valence-corrected chi connectivity index (χ4v) is 1.89. The van der Waals surface area contributed by atoms with Gasteiger partial charge in [0.1, 0.15) is 6.07 Å². The van der Waals surface area contributed by atoms with Crippen molar-refractivity contribution >= 4 is 23.6 Å². The van der Waals surface area contributed by atoms with Crippen molar-refractivity contribution in [2.45, 2.75) is 13.8 Å². The smallest absolute Gasteiger partial charge is 0.413 e. The molecule has 1 aromatic carbocycles. The number of anilines is 1. The minimum absolute atomic E-state index is 0.0491. The molecule has 8 nitrogen and oxygen atoms in total. The van der Waals surface area contributed by atoms with Crippen LogP contribution in [0.15, 0.2) is 24.3 Å². The number of likely N-dealkylation sites (N-methyl/N-ethyl adjacent to an activating group) is 1. The number of carbonyl (C=O) groups excluding carboxylic acids is 3. The van der Waals surface area contributed by atoms with E-state index in [1.165, 1.54) is 0 Å². The van der Waals surface area contributed by atoms with E-state index >= 15 is 0 Å². The summed E-state index contributed by atoms with van der Waals surface area (Å²) in [7, 11) is 0. The number of hydrogen-bond acceptors (Lipinski definition) is 6. The third-order valence-corrected chi connectivity index (χ3v) is 3.02. The number of nitrogens with zero attached hydrogens (tertiary/aromatic N) is 2. The van der Waals surface area contributed by atoms with Gasteiger partial charge < -0.3 is 10.1 Å². The zero-order valence-electron chi connectivity index (χ0n) is 13.7. The Morgan fingerprint density at radius 3 is 2.46 bits per heavy atom. The average molecular weight is 332 g/mol. The number of imide groups is 1. The fourth-order valence-electron chi connectivity index (χ4n) is 1.89. The second kappa shape index (κ2) is 9.97. The molecule has 128 valence electrons. The summed E-state index contributed by atoms with van der Waals surface area (Å²) in [5.41, 5.74) is 0.769. The van der Waals surface area contributed by atoms with E-state index in [0.717, 1.165) is 0 Å². The summed E-state index contributed by atoms with van der Waals surface area (Å²) in [6.07, 6.45) is -0.814. The molecule has 0 saturated carbocycles. The Hall–Kier alpha value is -2.92. The van der Waals surface area contributed by atoms with E-state index in [9.17, 15) is 14.4 Å². The number of nitriles is 1. The van der Waals surface area contributed by atoms with E-state index in [1.54, 1.807) is 43.0 Å². The van der Waals surface area contributed by atoms with Gasteiger partial charge in [-0.3, -0.25) is 19.8 Å². The second-order valence-electron chi connectivity index (χ2n) is 4.78. The van der Waals surface area contributed by atoms with Gasteiger partial charge in [-0.1, -0.05) is 19.1 Å². The van der Waals surface area contributed by atoms with Crippen molar-refractivity contribution < 1.29 is 19.1 Å². The highest BCUT2D eigenvalue weighted by atomic mass is 16.5. The molecule has 0 atom stereocenters. The van der Waals surface area contributed by atoms with Crippen LogP contribution >= 0.6 is 0 Å². The molecule has 0 unspecified atom stereocenters. The van der Waals surface area contributed by atoms with Gasteiger partial charge in [0, 0.05) is 0 Å². The summed E-state index contributed by atoms with van der Waals surface area (Å²) >= 11 is 0. The first-order chi connectivity index (χ1) is 11.5. The van der Waals surface area contributed by atoms with Crippen LogP contribution in [0.1, 0.15) is 19.4 Å². The van der Waals surface area contributed by atoms with Gasteiger partial charge in [-0.2, -0.15) is 5.26 Å². The molecule has 0 saturated heterocycles. The molecule has 0 fully saturated rings. The zero-order chi connectivity index (χ0) is 17.9. The van der Waals surface area contributed by atoms with E-state index in [1.807, 2.05) is 6.07 Å². The van der Waals surface area contributed by atoms with Crippen LogP contribution in [0.3, 0.4) is 0 Å². The average Bonchev–Trinajstić information content (AvgIpc) is 2.54. The van der Waals surface area contributed by atoms with Crippen molar-refractivity contribution in [1.82, 2.24) is 10.2 Å². The Bertz CT molecular complexity index is 639. The lowest BCUT2D eigenvalue weighted by Gasteiger charge is -2.19. The van der Waals surface area contributed by atoms with Crippen LogP contribution in [0.25, 0.3) is 0 Å². The van der Waals surface area contributed by atoms with E-state index in [0.29, 0.717) is 17.8 Å². The van der Waals surface area contributed by atoms with E-state index < -0.39 is 12.0 Å². The third kappa shape index (κ3) is 6.46. The van der Waals surface area contributed by atoms with Gasteiger partial charge >= 0.3 is 6.09 Å². The lowest BCUT2D eigenvalue weighted by Crippen LogP contribution is -2.43. The van der Waals surface area contributed by atoms with Crippen molar-refractivity contribution in [3.8, 4) is 6.07 Å². The van der Waals surface area contributed by atoms with Crippen LogP contribution < -0.4 is 10.6 Å². The highest BCUT2D eigenvalue weighted by Crippen LogP contribution is 2.13. The molecule has 1 aromatic rings. The molecule has 24 heavy (non-hydrogen) atoms. The molecule has 0 aliphatic carbocycles. The molecule has 3 amide bonds. The van der Waals surface area contributed by atoms with Crippen LogP contribution in [0.5, 0.6) is 0 Å². The van der Waals surface area contributed by atoms with Crippen LogP contribution in [-0.4, -0.2) is 49.0 Å². The molecule has 0 aliphatic heterocycles. The Morgan fingerprint density at radius 2 is 1.83 bits per heavy atom. The number of benzene rings is 1. The Kier molecular flexibility index (Phi) is 7.94. The van der Waals surface area contributed by atoms with E-state index in [2.05, 4.69) is 15.4 Å². The van der Waals surface area contributed by atoms with Crippen LogP contribution in [0.2, 0.25) is 0 Å². The normalized spacial score (nSPS) is 9.92. The molecule has 1 rings (SSSR count). The van der Waals surface area contributed by atoms with Gasteiger partial charge in [-0.15, -0.1) is 0 Å². The van der Waals surface area contributed by atoms with Crippen LogP contribution in [0.4, 0.5) is 10.5 Å². The van der Waals surface area contributed by atoms with Gasteiger partial charge in [-0.05, 0) is 25.6 Å². The Labute approximate surface area is 140 Å². The zero-order valence-corrected chi connectivity index (χ0v) is 13.7. The number of alkyl carbamates (subject to hydrolysis) is 1. The summed E-state index contributed by atoms with van der Waals surface area (Å²) in [4.78, 5) is 36.5. The number of carbonyl (C=O) groups is 3. The number of ether oxygens (including phenoxy) is 1. The van der Waals surface area contributed by atoms with Crippen molar-refractivity contribution in [1.29, 1.82) is 5.26 Å². The second-order valence-corrected chi connectivity index (χ2v) is 4.78. The molecule has 0 radical (unpaired) electrons. The summed E-state index contributed by atoms with van der Waals surface area (Å²) in [5, 5.41) is 13.7. The Morgan fingerprint density at radius 1 is 1.17 bits per heavy atom. The number of para-hydroxylation sites is 1. The molecule has 0 bridgehead atoms. The SMILES string of the molecule is CCOC(=O)NC(=O)CN(CC)CC(=O)Nc1ccccc1C#N. The van der Waals surface area contributed by atoms with Crippen molar-refractivity contribution in [3.05, 3.63) is 29.8 Å². The van der Waals surface area contributed by atoms with Gasteiger partial charge in [0.25, 0.3) is 0 Å². The van der Waals surface area contributed by atoms with Crippen molar-refractivity contribution in [2.24, 2.45) is 0 Å². The Balaban J connectivity index is 2.55. The number of rotatable bonds is 7. The minimum Gasteiger partial charge on any atom is -0.450 e. The molecule has 0 heterocycles. The lowest BCUT2D eigenvalue weighted by atomic mass is 10.2. The first kappa shape index (κ1) is 19.1. The largest absolute Gasteiger partial charge is 0.450 e. The molecule has 0 aliphatic rings. The van der Waals surface area contributed by atoms with E-state index in [-0.39, 0.29) is 25.6 Å². The highest BCUT2D eigenvalue weighted by Gasteiger charge is 2.16. The predicted octanol–water partition coefficient (Wildman–Crippen LogP) is 1.09. The maximum absolute atomic E-state index is 12.1. The van der Waals surface area contributed by atoms with Gasteiger partial charge in [-0.25, -0.2) is 4.79 Å². The van der Waals surface area contributed by atoms with Gasteiger partial charge in [0.2, 0.25) is 11.8 Å². The first-order valence-corrected chi connectivity index (χ1v) is 7.48. The summed E-state index contributed by atoms with van der Waals surface area (Å²) < 4.78 is 4.61. The number of hydrogen-bond donors (Lipinski definition) is 2. The fraction of sp³-hybridized carbons (Fsp3) is 0.375. The predicted molar refractivity (Wildman–Crippen MR) is 87.1 cm³/mol. The third-order valence-electron chi connectivity index (χ3n) is 3.02. The topological polar surface area (TPSA) is 112 Å². The molecule has 0 spiro atoms. The van der Waals surface area contributed by atoms with Crippen molar-refractivity contribution in [3.63, 3.8) is 0 Å². The molecular weight excluding hydrogens is 312 g/mol. The minimum atomic E-state index is -0.814. The standard InChI is InChI=1S/C16H20N4O4/c1-3-20(11-15(22)19-16(23)24-4-2)10-14(21)18-13-8-6-5-7-12(13)9-17/h5-8H,3-4,10-11H2,1-2H3,(H,18,21)(H,19,22,23). The molecule has 2 N–H and O–H groups in total. The number of nitrogens with one attached hydrogen (secondary N) is 2. The summed E-state index contributed by atoms with van der Waals surface area (Å²) in [5.74, 6) is -0.913. The van der Waals surface area contributed by atoms with Crippen LogP contribution in [0, 0.1) is 11.3 Å². The highest BCUT2D eigenvalue weighted by molar-refractivity contribution is 5.95. The van der Waals surface area contributed by atoms with Gasteiger partial charge in [0.05, 0.1) is 30.9 Å².